The van der Waals surface area contributed by atoms with Crippen molar-refractivity contribution in [3.63, 3.8) is 0 Å². The number of nitrogens with one attached hydrogen (secondary N) is 2. The van der Waals surface area contributed by atoms with E-state index in [9.17, 15) is 4.79 Å². The van der Waals surface area contributed by atoms with Gasteiger partial charge in [0, 0.05) is 38.1 Å². The van der Waals surface area contributed by atoms with E-state index < -0.39 is 0 Å². The van der Waals surface area contributed by atoms with Gasteiger partial charge < -0.3 is 15.4 Å². The number of piperidine rings is 1. The van der Waals surface area contributed by atoms with Gasteiger partial charge in [0.25, 0.3) is 0 Å². The monoisotopic (exact) mass is 403 g/mol. The van der Waals surface area contributed by atoms with Crippen molar-refractivity contribution in [2.45, 2.75) is 44.3 Å². The zero-order valence-corrected chi connectivity index (χ0v) is 16.8. The first-order valence-corrected chi connectivity index (χ1v) is 9.17. The molecule has 0 radical (unpaired) electrons. The summed E-state index contributed by atoms with van der Waals surface area (Å²) in [6, 6.07) is 11.2. The zero-order chi connectivity index (χ0) is 16.6. The van der Waals surface area contributed by atoms with Crippen molar-refractivity contribution in [3.05, 3.63) is 35.9 Å². The summed E-state index contributed by atoms with van der Waals surface area (Å²) in [7, 11) is 0. The van der Waals surface area contributed by atoms with Crippen LogP contribution in [0, 0.1) is 0 Å². The first kappa shape index (κ1) is 23.2. The number of carbonyl (C=O) groups excluding carboxylic acids is 1. The fourth-order valence-corrected chi connectivity index (χ4v) is 3.60. The molecule has 26 heavy (non-hydrogen) atoms. The van der Waals surface area contributed by atoms with E-state index in [2.05, 4.69) is 45.9 Å². The highest BCUT2D eigenvalue weighted by Gasteiger charge is 2.23. The quantitative estimate of drug-likeness (QED) is 0.765. The number of rotatable bonds is 6. The molecule has 2 N–H and O–H groups in total. The van der Waals surface area contributed by atoms with E-state index >= 15 is 0 Å². The van der Waals surface area contributed by atoms with E-state index in [1.54, 1.807) is 0 Å². The minimum absolute atomic E-state index is 0. The Morgan fingerprint density at radius 3 is 2.77 bits per heavy atom. The normalized spacial score (nSPS) is 23.4. The number of amides is 1. The molecule has 2 fully saturated rings. The highest BCUT2D eigenvalue weighted by molar-refractivity contribution is 5.85. The molecule has 5 nitrogen and oxygen atoms in total. The minimum Gasteiger partial charge on any atom is -0.378 e. The molecule has 1 aromatic carbocycles. The lowest BCUT2D eigenvalue weighted by Gasteiger charge is -2.36. The lowest BCUT2D eigenvalue weighted by atomic mass is 10.0. The molecule has 2 heterocycles. The van der Waals surface area contributed by atoms with Gasteiger partial charge in [-0.3, -0.25) is 9.69 Å². The molecule has 2 aliphatic rings. The van der Waals surface area contributed by atoms with E-state index in [0.717, 1.165) is 39.2 Å². The molecule has 2 aliphatic heterocycles. The van der Waals surface area contributed by atoms with Gasteiger partial charge in [-0.05, 0) is 24.9 Å². The zero-order valence-electron chi connectivity index (χ0n) is 15.2. The Labute approximate surface area is 169 Å². The van der Waals surface area contributed by atoms with Crippen LogP contribution in [0.1, 0.15) is 31.2 Å². The van der Waals surface area contributed by atoms with Crippen molar-refractivity contribution < 1.29 is 9.53 Å². The van der Waals surface area contributed by atoms with E-state index in [4.69, 9.17) is 4.74 Å². The van der Waals surface area contributed by atoms with Crippen LogP contribution >= 0.6 is 24.8 Å². The number of halogens is 2. The van der Waals surface area contributed by atoms with Gasteiger partial charge >= 0.3 is 0 Å². The standard InChI is InChI=1S/C19H29N3O2.2ClH/c23-19(12-17-15-24-11-9-20-17)21-13-18-8-4-5-10-22(18)14-16-6-2-1-3-7-16;;/h1-3,6-7,17-18,20H,4-5,8-15H2,(H,21,23);2*1H. The summed E-state index contributed by atoms with van der Waals surface area (Å²) >= 11 is 0. The van der Waals surface area contributed by atoms with Gasteiger partial charge in [0.05, 0.1) is 13.2 Å². The molecule has 0 spiro atoms. The van der Waals surface area contributed by atoms with E-state index in [1.807, 2.05) is 0 Å². The molecule has 2 saturated heterocycles. The second kappa shape index (κ2) is 12.5. The van der Waals surface area contributed by atoms with Crippen molar-refractivity contribution in [1.29, 1.82) is 0 Å². The van der Waals surface area contributed by atoms with Crippen molar-refractivity contribution in [3.8, 4) is 0 Å². The van der Waals surface area contributed by atoms with Crippen LogP contribution < -0.4 is 10.6 Å². The molecular weight excluding hydrogens is 373 g/mol. The number of hydrogen-bond acceptors (Lipinski definition) is 4. The van der Waals surface area contributed by atoms with Crippen molar-refractivity contribution >= 4 is 30.7 Å². The van der Waals surface area contributed by atoms with Gasteiger partial charge in [0.2, 0.25) is 5.91 Å². The van der Waals surface area contributed by atoms with Crippen LogP contribution in [0.3, 0.4) is 0 Å². The minimum atomic E-state index is 0. The van der Waals surface area contributed by atoms with Gasteiger partial charge in [-0.25, -0.2) is 0 Å². The Kier molecular flexibility index (Phi) is 11.2. The molecule has 1 aromatic rings. The Hall–Kier alpha value is -0.850. The van der Waals surface area contributed by atoms with E-state index in [1.165, 1.54) is 18.4 Å². The largest absolute Gasteiger partial charge is 0.378 e. The van der Waals surface area contributed by atoms with Gasteiger partial charge in [-0.2, -0.15) is 0 Å². The summed E-state index contributed by atoms with van der Waals surface area (Å²) in [5.41, 5.74) is 1.35. The maximum Gasteiger partial charge on any atom is 0.221 e. The van der Waals surface area contributed by atoms with Gasteiger partial charge in [0.1, 0.15) is 0 Å². The van der Waals surface area contributed by atoms with Crippen LogP contribution in [0.2, 0.25) is 0 Å². The number of morpholine rings is 1. The summed E-state index contributed by atoms with van der Waals surface area (Å²) in [6.45, 7) is 5.06. The van der Waals surface area contributed by atoms with Crippen LogP contribution in [0.4, 0.5) is 0 Å². The predicted octanol–water partition coefficient (Wildman–Crippen LogP) is 2.38. The fraction of sp³-hybridized carbons (Fsp3) is 0.632. The third-order valence-electron chi connectivity index (χ3n) is 4.94. The molecule has 0 aliphatic carbocycles. The molecule has 2 atom stereocenters. The highest BCUT2D eigenvalue weighted by atomic mass is 35.5. The maximum atomic E-state index is 12.2. The molecule has 0 aromatic heterocycles. The van der Waals surface area contributed by atoms with Crippen LogP contribution in [-0.4, -0.2) is 55.7 Å². The van der Waals surface area contributed by atoms with Crippen LogP contribution in [0.15, 0.2) is 30.3 Å². The third kappa shape index (κ3) is 7.41. The molecular formula is C19H31Cl2N3O2. The lowest BCUT2D eigenvalue weighted by Crippen LogP contribution is -2.48. The number of ether oxygens (including phenoxy) is 1. The smallest absolute Gasteiger partial charge is 0.221 e. The second-order valence-corrected chi connectivity index (χ2v) is 6.84. The van der Waals surface area contributed by atoms with Crippen molar-refractivity contribution in [2.75, 3.05) is 32.8 Å². The maximum absolute atomic E-state index is 12.2. The lowest BCUT2D eigenvalue weighted by molar-refractivity contribution is -0.122. The molecule has 148 valence electrons. The predicted molar refractivity (Wildman–Crippen MR) is 109 cm³/mol. The summed E-state index contributed by atoms with van der Waals surface area (Å²) < 4.78 is 5.41. The van der Waals surface area contributed by atoms with Crippen molar-refractivity contribution in [2.24, 2.45) is 0 Å². The van der Waals surface area contributed by atoms with Gasteiger partial charge in [-0.15, -0.1) is 24.8 Å². The first-order valence-electron chi connectivity index (χ1n) is 9.17. The molecule has 3 rings (SSSR count). The molecule has 0 saturated carbocycles. The first-order chi connectivity index (χ1) is 11.8. The second-order valence-electron chi connectivity index (χ2n) is 6.84. The number of benzene rings is 1. The average Bonchev–Trinajstić information content (AvgIpc) is 2.63. The Morgan fingerprint density at radius 1 is 1.23 bits per heavy atom. The number of likely N-dealkylation sites (tertiary alicyclic amines) is 1. The number of hydrogen-bond donors (Lipinski definition) is 2. The van der Waals surface area contributed by atoms with E-state index in [-0.39, 0.29) is 36.8 Å². The fourth-order valence-electron chi connectivity index (χ4n) is 3.60. The molecule has 0 bridgehead atoms. The van der Waals surface area contributed by atoms with Crippen LogP contribution in [0.25, 0.3) is 0 Å². The van der Waals surface area contributed by atoms with Gasteiger partial charge in [-0.1, -0.05) is 36.8 Å². The third-order valence-corrected chi connectivity index (χ3v) is 4.94. The van der Waals surface area contributed by atoms with Crippen LogP contribution in [0.5, 0.6) is 0 Å². The highest BCUT2D eigenvalue weighted by Crippen LogP contribution is 2.19. The molecule has 2 unspecified atom stereocenters. The summed E-state index contributed by atoms with van der Waals surface area (Å²) in [5, 5.41) is 6.47. The summed E-state index contributed by atoms with van der Waals surface area (Å²) in [6.07, 6.45) is 4.17. The SMILES string of the molecule is Cl.Cl.O=C(CC1COCCN1)NCC1CCCCN1Cc1ccccc1. The Morgan fingerprint density at radius 2 is 2.04 bits per heavy atom. The average molecular weight is 404 g/mol. The molecule has 1 amide bonds. The summed E-state index contributed by atoms with van der Waals surface area (Å²) in [5.74, 6) is 0.128. The van der Waals surface area contributed by atoms with E-state index in [0.29, 0.717) is 19.1 Å². The number of nitrogens with zero attached hydrogens (tertiary/aromatic N) is 1. The van der Waals surface area contributed by atoms with Gasteiger partial charge in [0.15, 0.2) is 0 Å². The van der Waals surface area contributed by atoms with Crippen LogP contribution in [-0.2, 0) is 16.1 Å². The Bertz CT molecular complexity index is 513. The van der Waals surface area contributed by atoms with Crippen molar-refractivity contribution in [1.82, 2.24) is 15.5 Å². The summed E-state index contributed by atoms with van der Waals surface area (Å²) in [4.78, 5) is 14.7. The Balaban J connectivity index is 0.00000169. The number of carbonyl (C=O) groups is 1. The molecule has 7 heteroatoms. The topological polar surface area (TPSA) is 53.6 Å².